The zero-order chi connectivity index (χ0) is 21.3. The first kappa shape index (κ1) is 21.4. The minimum atomic E-state index is -1.40. The first-order valence-electron chi connectivity index (χ1n) is 9.35. The molecule has 2 N–H and O–H groups in total. The van der Waals surface area contributed by atoms with E-state index in [2.05, 4.69) is 21.2 Å². The van der Waals surface area contributed by atoms with E-state index in [1.807, 2.05) is 24.3 Å². The maximum Gasteiger partial charge on any atom is 0.158 e. The predicted octanol–water partition coefficient (Wildman–Crippen LogP) is 4.99. The number of hydrogen-bond donors (Lipinski definition) is 2. The molecule has 0 aliphatic heterocycles. The molecule has 2 aromatic rings. The number of benzene rings is 2. The number of Topliss-reactive ketones (excluding diaryl/α,β-unsaturated/α-hetero) is 2. The summed E-state index contributed by atoms with van der Waals surface area (Å²) in [6.45, 7) is 4.42. The molecule has 0 heterocycles. The summed E-state index contributed by atoms with van der Waals surface area (Å²) in [6.07, 6.45) is 0.105. The molecule has 0 amide bonds. The molecule has 3 unspecified atom stereocenters. The lowest BCUT2D eigenvalue weighted by atomic mass is 9.64. The third-order valence-corrected chi connectivity index (χ3v) is 5.87. The van der Waals surface area contributed by atoms with Gasteiger partial charge in [-0.25, -0.2) is 4.39 Å². The van der Waals surface area contributed by atoms with E-state index in [4.69, 9.17) is 0 Å². The summed E-state index contributed by atoms with van der Waals surface area (Å²) in [6, 6.07) is 13.3. The van der Waals surface area contributed by atoms with Gasteiger partial charge in [0, 0.05) is 33.8 Å². The maximum absolute atomic E-state index is 14.0. The molecule has 1 aliphatic rings. The van der Waals surface area contributed by atoms with Gasteiger partial charge in [0.1, 0.15) is 11.6 Å². The van der Waals surface area contributed by atoms with Crippen LogP contribution in [-0.2, 0) is 9.59 Å². The SMILES string of the molecule is CC(=O)C1=C(Nc2ccc(Br)cc2)CC(C)(O)C(C(C)=O)C1c1cccc(F)c1. The molecule has 4 nitrogen and oxygen atoms in total. The van der Waals surface area contributed by atoms with Crippen molar-refractivity contribution in [3.63, 3.8) is 0 Å². The fraction of sp³-hybridized carbons (Fsp3) is 0.304. The average molecular weight is 460 g/mol. The zero-order valence-corrected chi connectivity index (χ0v) is 18.1. The van der Waals surface area contributed by atoms with Crippen LogP contribution in [0.3, 0.4) is 0 Å². The Balaban J connectivity index is 2.21. The molecule has 1 aliphatic carbocycles. The summed E-state index contributed by atoms with van der Waals surface area (Å²) in [5.41, 5.74) is 0.767. The molecule has 0 aromatic heterocycles. The number of aliphatic hydroxyl groups is 1. The van der Waals surface area contributed by atoms with Crippen LogP contribution in [-0.4, -0.2) is 22.3 Å². The van der Waals surface area contributed by atoms with Crippen LogP contribution in [0.25, 0.3) is 0 Å². The predicted molar refractivity (Wildman–Crippen MR) is 114 cm³/mol. The van der Waals surface area contributed by atoms with E-state index >= 15 is 0 Å². The molecule has 152 valence electrons. The van der Waals surface area contributed by atoms with Gasteiger partial charge in [-0.05, 0) is 62.7 Å². The van der Waals surface area contributed by atoms with Crippen LogP contribution < -0.4 is 5.32 Å². The molecule has 0 saturated heterocycles. The van der Waals surface area contributed by atoms with Crippen LogP contribution in [0, 0.1) is 11.7 Å². The molecule has 29 heavy (non-hydrogen) atoms. The molecule has 3 rings (SSSR count). The van der Waals surface area contributed by atoms with Gasteiger partial charge in [-0.2, -0.15) is 0 Å². The van der Waals surface area contributed by atoms with E-state index in [0.717, 1.165) is 10.2 Å². The van der Waals surface area contributed by atoms with Gasteiger partial charge in [-0.3, -0.25) is 9.59 Å². The van der Waals surface area contributed by atoms with Crippen molar-refractivity contribution in [3.05, 3.63) is 75.7 Å². The number of nitrogens with one attached hydrogen (secondary N) is 1. The summed E-state index contributed by atoms with van der Waals surface area (Å²) in [5.74, 6) is -2.53. The molecule has 3 atom stereocenters. The smallest absolute Gasteiger partial charge is 0.158 e. The molecule has 6 heteroatoms. The molecule has 0 spiro atoms. The number of carbonyl (C=O) groups is 2. The highest BCUT2D eigenvalue weighted by atomic mass is 79.9. The summed E-state index contributed by atoms with van der Waals surface area (Å²) in [7, 11) is 0. The quantitative estimate of drug-likeness (QED) is 0.660. The molecule has 0 fully saturated rings. The van der Waals surface area contributed by atoms with Crippen LogP contribution in [0.15, 0.2) is 64.3 Å². The van der Waals surface area contributed by atoms with E-state index in [9.17, 15) is 19.1 Å². The number of carbonyl (C=O) groups excluding carboxylic acids is 2. The molecule has 0 radical (unpaired) electrons. The number of rotatable bonds is 5. The van der Waals surface area contributed by atoms with Crippen LogP contribution in [0.2, 0.25) is 0 Å². The lowest BCUT2D eigenvalue weighted by Crippen LogP contribution is -2.48. The number of ketones is 2. The monoisotopic (exact) mass is 459 g/mol. The summed E-state index contributed by atoms with van der Waals surface area (Å²) in [4.78, 5) is 25.2. The van der Waals surface area contributed by atoms with Crippen LogP contribution >= 0.6 is 15.9 Å². The number of anilines is 1. The lowest BCUT2D eigenvalue weighted by molar-refractivity contribution is -0.131. The van der Waals surface area contributed by atoms with Gasteiger partial charge in [0.2, 0.25) is 0 Å². The molecular weight excluding hydrogens is 437 g/mol. The van der Waals surface area contributed by atoms with Crippen molar-refractivity contribution in [2.75, 3.05) is 5.32 Å². The van der Waals surface area contributed by atoms with Gasteiger partial charge in [0.25, 0.3) is 0 Å². The number of hydrogen-bond acceptors (Lipinski definition) is 4. The fourth-order valence-electron chi connectivity index (χ4n) is 4.26. The molecule has 0 saturated carbocycles. The van der Waals surface area contributed by atoms with Gasteiger partial charge in [-0.1, -0.05) is 28.1 Å². The van der Waals surface area contributed by atoms with Crippen molar-refractivity contribution in [2.24, 2.45) is 5.92 Å². The minimum Gasteiger partial charge on any atom is -0.389 e. The normalized spacial score (nSPS) is 24.3. The van der Waals surface area contributed by atoms with Crippen molar-refractivity contribution < 1.29 is 19.1 Å². The van der Waals surface area contributed by atoms with Crippen LogP contribution in [0.4, 0.5) is 10.1 Å². The summed E-state index contributed by atoms with van der Waals surface area (Å²) in [5, 5.41) is 14.4. The van der Waals surface area contributed by atoms with E-state index < -0.39 is 23.3 Å². The molecule has 2 aromatic carbocycles. The maximum atomic E-state index is 14.0. The van der Waals surface area contributed by atoms with Gasteiger partial charge in [0.05, 0.1) is 11.5 Å². The van der Waals surface area contributed by atoms with Crippen molar-refractivity contribution in [2.45, 2.75) is 38.7 Å². The fourth-order valence-corrected chi connectivity index (χ4v) is 4.52. The standard InChI is InChI=1S/C23H23BrFNO3/c1-13(27)20-19(26-18-9-7-16(24)8-10-18)12-23(3,29)22(14(2)28)21(20)15-5-4-6-17(25)11-15/h4-11,21-22,26,29H,12H2,1-3H3. The van der Waals surface area contributed by atoms with E-state index in [-0.39, 0.29) is 18.0 Å². The molecule has 0 bridgehead atoms. The zero-order valence-electron chi connectivity index (χ0n) is 16.5. The van der Waals surface area contributed by atoms with Crippen LogP contribution in [0.5, 0.6) is 0 Å². The van der Waals surface area contributed by atoms with Gasteiger partial charge in [0.15, 0.2) is 5.78 Å². The number of allylic oxidation sites excluding steroid dienone is 1. The highest BCUT2D eigenvalue weighted by Gasteiger charge is 2.49. The second-order valence-corrected chi connectivity index (χ2v) is 8.65. The van der Waals surface area contributed by atoms with E-state index in [1.165, 1.54) is 26.0 Å². The highest BCUT2D eigenvalue weighted by molar-refractivity contribution is 9.10. The summed E-state index contributed by atoms with van der Waals surface area (Å²) >= 11 is 3.39. The van der Waals surface area contributed by atoms with E-state index in [1.54, 1.807) is 19.1 Å². The lowest BCUT2D eigenvalue weighted by Gasteiger charge is -2.43. The van der Waals surface area contributed by atoms with Gasteiger partial charge in [-0.15, -0.1) is 0 Å². The van der Waals surface area contributed by atoms with Crippen molar-refractivity contribution in [1.29, 1.82) is 0 Å². The third kappa shape index (κ3) is 4.49. The second-order valence-electron chi connectivity index (χ2n) is 7.74. The topological polar surface area (TPSA) is 66.4 Å². The Bertz CT molecular complexity index is 982. The number of halogens is 2. The average Bonchev–Trinajstić information content (AvgIpc) is 2.61. The Morgan fingerprint density at radius 3 is 2.38 bits per heavy atom. The van der Waals surface area contributed by atoms with Crippen molar-refractivity contribution in [1.82, 2.24) is 0 Å². The largest absolute Gasteiger partial charge is 0.389 e. The van der Waals surface area contributed by atoms with Gasteiger partial charge < -0.3 is 10.4 Å². The third-order valence-electron chi connectivity index (χ3n) is 5.34. The highest BCUT2D eigenvalue weighted by Crippen LogP contribution is 2.47. The Hall–Kier alpha value is -2.31. The first-order valence-corrected chi connectivity index (χ1v) is 10.1. The Morgan fingerprint density at radius 1 is 1.17 bits per heavy atom. The minimum absolute atomic E-state index is 0.105. The Morgan fingerprint density at radius 2 is 1.83 bits per heavy atom. The Labute approximate surface area is 178 Å². The van der Waals surface area contributed by atoms with Crippen LogP contribution in [0.1, 0.15) is 38.7 Å². The van der Waals surface area contributed by atoms with Gasteiger partial charge >= 0.3 is 0 Å². The Kier molecular flexibility index (Phi) is 6.05. The first-order chi connectivity index (χ1) is 13.6. The second kappa shape index (κ2) is 8.20. The molecular formula is C23H23BrFNO3. The van der Waals surface area contributed by atoms with E-state index in [0.29, 0.717) is 16.8 Å². The van der Waals surface area contributed by atoms with Crippen molar-refractivity contribution >= 4 is 33.2 Å². The van der Waals surface area contributed by atoms with Crippen molar-refractivity contribution in [3.8, 4) is 0 Å². The summed E-state index contributed by atoms with van der Waals surface area (Å²) < 4.78 is 14.9.